The Morgan fingerprint density at radius 2 is 1.20 bits per heavy atom. The lowest BCUT2D eigenvalue weighted by Crippen LogP contribution is -2.35. The average Bonchev–Trinajstić information content (AvgIpc) is 2.85. The highest BCUT2D eigenvalue weighted by atomic mass is 35.5. The van der Waals surface area contributed by atoms with Crippen molar-refractivity contribution in [2.24, 2.45) is 0 Å². The van der Waals surface area contributed by atoms with Gasteiger partial charge >= 0.3 is 7.75 Å². The molecule has 0 radical (unpaired) electrons. The molecule has 1 heterocycles. The minimum atomic E-state index is -3.84. The van der Waals surface area contributed by atoms with Gasteiger partial charge in [-0.25, -0.2) is 0 Å². The molecule has 4 rings (SSSR count). The molecule has 0 saturated carbocycles. The van der Waals surface area contributed by atoms with Crippen molar-refractivity contribution in [1.29, 1.82) is 0 Å². The number of halogens is 2. The molecule has 0 aliphatic carbocycles. The molecule has 35 heavy (non-hydrogen) atoms. The van der Waals surface area contributed by atoms with Gasteiger partial charge in [0.15, 0.2) is 12.4 Å². The summed E-state index contributed by atoms with van der Waals surface area (Å²) in [6.07, 6.45) is 3.05. The number of pyridine rings is 1. The number of rotatable bonds is 7. The third-order valence-corrected chi connectivity index (χ3v) is 6.55. The number of nitrogens with zero attached hydrogens (tertiary/aromatic N) is 1. The van der Waals surface area contributed by atoms with E-state index in [0.29, 0.717) is 33.0 Å². The summed E-state index contributed by atoms with van der Waals surface area (Å²) in [6, 6.07) is 22.9. The Kier molecular flexibility index (Phi) is 9.26. The highest BCUT2D eigenvalue weighted by Crippen LogP contribution is 2.44. The molecular weight excluding hydrogens is 512 g/mol. The molecule has 0 unspecified atom stereocenters. The van der Waals surface area contributed by atoms with Gasteiger partial charge in [-0.3, -0.25) is 0 Å². The minimum absolute atomic E-state index is 0.0440. The molecule has 1 aromatic heterocycles. The zero-order valence-electron chi connectivity index (χ0n) is 18.8. The normalized spacial score (nSPS) is 10.5. The summed E-state index contributed by atoms with van der Waals surface area (Å²) in [5.74, 6) is 1.99. The van der Waals surface area contributed by atoms with Gasteiger partial charge in [0.1, 0.15) is 28.0 Å². The molecule has 0 N–H and O–H groups in total. The summed E-state index contributed by atoms with van der Waals surface area (Å²) in [5, 5.41) is 11.3. The zero-order valence-corrected chi connectivity index (χ0v) is 21.2. The fourth-order valence-corrected chi connectivity index (χ4v) is 4.64. The van der Waals surface area contributed by atoms with Crippen molar-refractivity contribution < 1.29 is 32.5 Å². The summed E-state index contributed by atoms with van der Waals surface area (Å²) < 4.78 is 36.7. The number of hydrogen-bond donors (Lipinski definition) is 0. The standard InChI is InChI=1S/C19H18ClNO5P.C6H5ClO/c1-23-16-5-9-18(10-6-16)25-27(22,21-13-3-4-15(20)14-21)26-19-11-7-17(24-2)8-12-19;7-5-2-1-3-6(8)4-5/h3-14H,1-2H3;1-4,8H/q+1;/p-1. The molecule has 0 aliphatic rings. The van der Waals surface area contributed by atoms with Crippen LogP contribution in [0.1, 0.15) is 0 Å². The molecule has 0 saturated heterocycles. The van der Waals surface area contributed by atoms with Crippen LogP contribution in [0, 0.1) is 0 Å². The van der Waals surface area contributed by atoms with E-state index in [1.54, 1.807) is 93.2 Å². The van der Waals surface area contributed by atoms with Gasteiger partial charge < -0.3 is 23.6 Å². The number of benzene rings is 3. The average molecular weight is 534 g/mol. The Bertz CT molecular complexity index is 1220. The lowest BCUT2D eigenvalue weighted by molar-refractivity contribution is -0.536. The summed E-state index contributed by atoms with van der Waals surface area (Å²) in [4.78, 5) is 0. The molecule has 7 nitrogen and oxygen atoms in total. The minimum Gasteiger partial charge on any atom is -0.872 e. The molecule has 4 aromatic rings. The van der Waals surface area contributed by atoms with E-state index in [0.717, 1.165) is 0 Å². The monoisotopic (exact) mass is 533 g/mol. The second kappa shape index (κ2) is 12.4. The lowest BCUT2D eigenvalue weighted by atomic mass is 10.3. The van der Waals surface area contributed by atoms with Gasteiger partial charge in [0.05, 0.1) is 14.2 Å². The van der Waals surface area contributed by atoms with E-state index >= 15 is 0 Å². The molecule has 0 fully saturated rings. The highest BCUT2D eigenvalue weighted by molar-refractivity contribution is 7.47. The van der Waals surface area contributed by atoms with Crippen LogP contribution in [0.25, 0.3) is 0 Å². The first-order chi connectivity index (χ1) is 16.8. The Balaban J connectivity index is 0.000000363. The van der Waals surface area contributed by atoms with Crippen LogP contribution >= 0.6 is 30.9 Å². The van der Waals surface area contributed by atoms with Crippen molar-refractivity contribution in [2.45, 2.75) is 0 Å². The molecule has 0 amide bonds. The van der Waals surface area contributed by atoms with Crippen LogP contribution < -0.4 is 28.0 Å². The van der Waals surface area contributed by atoms with Crippen molar-refractivity contribution in [3.63, 3.8) is 0 Å². The van der Waals surface area contributed by atoms with Gasteiger partial charge in [-0.2, -0.15) is 4.57 Å². The summed E-state index contributed by atoms with van der Waals surface area (Å²) in [6.45, 7) is 0. The number of aromatic nitrogens is 1. The van der Waals surface area contributed by atoms with Crippen molar-refractivity contribution in [3.05, 3.63) is 107 Å². The Morgan fingerprint density at radius 3 is 1.60 bits per heavy atom. The second-order valence-corrected chi connectivity index (χ2v) is 9.50. The van der Waals surface area contributed by atoms with E-state index in [1.165, 1.54) is 22.7 Å². The lowest BCUT2D eigenvalue weighted by Gasteiger charge is -2.14. The van der Waals surface area contributed by atoms with E-state index in [-0.39, 0.29) is 5.75 Å². The second-order valence-electron chi connectivity index (χ2n) is 6.86. The molecule has 0 spiro atoms. The van der Waals surface area contributed by atoms with Gasteiger partial charge in [0, 0.05) is 11.1 Å². The van der Waals surface area contributed by atoms with Crippen LogP contribution in [0.5, 0.6) is 28.7 Å². The fourth-order valence-electron chi connectivity index (χ4n) is 2.71. The largest absolute Gasteiger partial charge is 0.872 e. The van der Waals surface area contributed by atoms with Crippen molar-refractivity contribution in [3.8, 4) is 28.7 Å². The van der Waals surface area contributed by atoms with E-state index < -0.39 is 7.75 Å². The van der Waals surface area contributed by atoms with Crippen LogP contribution in [-0.4, -0.2) is 14.2 Å². The highest BCUT2D eigenvalue weighted by Gasteiger charge is 2.42. The zero-order chi connectivity index (χ0) is 25.3. The Morgan fingerprint density at radius 1 is 0.714 bits per heavy atom. The maximum absolute atomic E-state index is 13.6. The molecule has 0 aliphatic heterocycles. The van der Waals surface area contributed by atoms with E-state index in [2.05, 4.69) is 0 Å². The summed E-state index contributed by atoms with van der Waals surface area (Å²) >= 11 is 11.5. The third kappa shape index (κ3) is 7.82. The molecular formula is C25H22Cl2NO6P. The van der Waals surface area contributed by atoms with Crippen molar-refractivity contribution in [2.75, 3.05) is 14.2 Å². The van der Waals surface area contributed by atoms with Gasteiger partial charge in [0.25, 0.3) is 0 Å². The first-order valence-corrected chi connectivity index (χ1v) is 12.4. The van der Waals surface area contributed by atoms with Gasteiger partial charge in [-0.05, 0) is 60.7 Å². The summed E-state index contributed by atoms with van der Waals surface area (Å²) in [7, 11) is -0.709. The number of ether oxygens (including phenoxy) is 2. The van der Waals surface area contributed by atoms with Crippen LogP contribution in [0.2, 0.25) is 10.0 Å². The number of methoxy groups -OCH3 is 2. The molecule has 10 heteroatoms. The van der Waals surface area contributed by atoms with E-state index in [4.69, 9.17) is 41.7 Å². The van der Waals surface area contributed by atoms with Crippen LogP contribution in [0.15, 0.2) is 97.3 Å². The smallest absolute Gasteiger partial charge is 0.728 e. The maximum atomic E-state index is 13.6. The topological polar surface area (TPSA) is 80.9 Å². The quantitative estimate of drug-likeness (QED) is 0.264. The predicted molar refractivity (Wildman–Crippen MR) is 133 cm³/mol. The van der Waals surface area contributed by atoms with Gasteiger partial charge in [-0.15, -0.1) is 5.75 Å². The Labute approximate surface area is 213 Å². The molecule has 3 aromatic carbocycles. The molecule has 0 bridgehead atoms. The van der Waals surface area contributed by atoms with Crippen LogP contribution in [-0.2, 0) is 4.57 Å². The van der Waals surface area contributed by atoms with Crippen molar-refractivity contribution in [1.82, 2.24) is 0 Å². The van der Waals surface area contributed by atoms with Gasteiger partial charge in [-0.1, -0.05) is 45.7 Å². The SMILES string of the molecule is COc1ccc(OP(=O)(Oc2ccc(OC)cc2)[n+]2cccc(Cl)c2)cc1.[O-]c1cccc(Cl)c1. The van der Waals surface area contributed by atoms with E-state index in [9.17, 15) is 9.67 Å². The summed E-state index contributed by atoms with van der Waals surface area (Å²) in [5.41, 5.74) is 0. The van der Waals surface area contributed by atoms with Gasteiger partial charge in [0.2, 0.25) is 0 Å². The van der Waals surface area contributed by atoms with E-state index in [1.807, 2.05) is 0 Å². The maximum Gasteiger partial charge on any atom is 0.728 e. The van der Waals surface area contributed by atoms with Crippen molar-refractivity contribution >= 4 is 30.9 Å². The molecule has 182 valence electrons. The fraction of sp³-hybridized carbons (Fsp3) is 0.0800. The van der Waals surface area contributed by atoms with Crippen LogP contribution in [0.3, 0.4) is 0 Å². The molecule has 0 atom stereocenters. The first-order valence-electron chi connectivity index (χ1n) is 10.2. The number of hydrogen-bond acceptors (Lipinski definition) is 6. The third-order valence-electron chi connectivity index (χ3n) is 4.39. The Hall–Kier alpha value is -3.38. The van der Waals surface area contributed by atoms with Crippen LogP contribution in [0.4, 0.5) is 0 Å². The predicted octanol–water partition coefficient (Wildman–Crippen LogP) is 6.17. The first kappa shape index (κ1) is 26.2.